The van der Waals surface area contributed by atoms with E-state index in [1.54, 1.807) is 11.3 Å². The molecule has 0 spiro atoms. The highest BCUT2D eigenvalue weighted by Gasteiger charge is 2.26. The molecule has 2 rings (SSSR count). The van der Waals surface area contributed by atoms with Crippen LogP contribution in [0.3, 0.4) is 0 Å². The number of ether oxygens (including phenoxy) is 2. The maximum absolute atomic E-state index is 12.1. The van der Waals surface area contributed by atoms with Gasteiger partial charge in [0.1, 0.15) is 6.04 Å². The predicted octanol–water partition coefficient (Wildman–Crippen LogP) is 2.88. The molecule has 19 heavy (non-hydrogen) atoms. The molecule has 0 amide bonds. The Balaban J connectivity index is 2.01. The molecule has 0 bridgehead atoms. The van der Waals surface area contributed by atoms with Crippen LogP contribution in [-0.4, -0.2) is 31.8 Å². The number of esters is 1. The standard InChI is InChI=1S/C13H18BrNO3S/c1-2-17-13(16)11(12-10(14)5-7-19-12)15-8-9-4-3-6-18-9/h5,7,9,11,15H,2-4,6,8H2,1H3. The van der Waals surface area contributed by atoms with Crippen LogP contribution >= 0.6 is 27.3 Å². The van der Waals surface area contributed by atoms with E-state index >= 15 is 0 Å². The van der Waals surface area contributed by atoms with Crippen LogP contribution in [0.2, 0.25) is 0 Å². The van der Waals surface area contributed by atoms with E-state index in [-0.39, 0.29) is 12.1 Å². The highest BCUT2D eigenvalue weighted by atomic mass is 79.9. The monoisotopic (exact) mass is 347 g/mol. The maximum atomic E-state index is 12.1. The van der Waals surface area contributed by atoms with E-state index in [0.717, 1.165) is 28.8 Å². The number of hydrogen-bond acceptors (Lipinski definition) is 5. The second kappa shape index (κ2) is 7.38. The van der Waals surface area contributed by atoms with Gasteiger partial charge < -0.3 is 9.47 Å². The van der Waals surface area contributed by atoms with E-state index in [9.17, 15) is 4.79 Å². The number of rotatable bonds is 6. The largest absolute Gasteiger partial charge is 0.465 e. The average molecular weight is 348 g/mol. The first-order valence-corrected chi connectivity index (χ1v) is 8.14. The minimum absolute atomic E-state index is 0.204. The average Bonchev–Trinajstić information content (AvgIpc) is 3.02. The molecule has 1 aliphatic rings. The number of halogens is 1. The molecule has 0 aromatic carbocycles. The lowest BCUT2D eigenvalue weighted by atomic mass is 10.2. The Labute approximate surface area is 125 Å². The second-order valence-corrected chi connectivity index (χ2v) is 6.16. The van der Waals surface area contributed by atoms with Crippen molar-refractivity contribution in [2.24, 2.45) is 0 Å². The van der Waals surface area contributed by atoms with E-state index < -0.39 is 6.04 Å². The van der Waals surface area contributed by atoms with Crippen LogP contribution in [0.25, 0.3) is 0 Å². The molecule has 2 heterocycles. The summed E-state index contributed by atoms with van der Waals surface area (Å²) in [6.45, 7) is 3.70. The van der Waals surface area contributed by atoms with Gasteiger partial charge in [-0.25, -0.2) is 4.79 Å². The molecule has 1 N–H and O–H groups in total. The van der Waals surface area contributed by atoms with Crippen molar-refractivity contribution >= 4 is 33.2 Å². The first-order valence-electron chi connectivity index (χ1n) is 6.47. The van der Waals surface area contributed by atoms with Crippen molar-refractivity contribution < 1.29 is 14.3 Å². The topological polar surface area (TPSA) is 47.6 Å². The number of nitrogens with one attached hydrogen (secondary N) is 1. The first-order chi connectivity index (χ1) is 9.22. The Morgan fingerprint density at radius 3 is 3.16 bits per heavy atom. The van der Waals surface area contributed by atoms with Crippen LogP contribution in [0.15, 0.2) is 15.9 Å². The van der Waals surface area contributed by atoms with Gasteiger partial charge in [-0.2, -0.15) is 0 Å². The number of carbonyl (C=O) groups excluding carboxylic acids is 1. The van der Waals surface area contributed by atoms with Gasteiger partial charge in [0.2, 0.25) is 0 Å². The summed E-state index contributed by atoms with van der Waals surface area (Å²) in [6.07, 6.45) is 2.35. The molecule has 2 atom stereocenters. The molecule has 1 saturated heterocycles. The molecule has 1 aromatic rings. The Bertz CT molecular complexity index is 418. The SMILES string of the molecule is CCOC(=O)C(NCC1CCCO1)c1sccc1Br. The van der Waals surface area contributed by atoms with Crippen LogP contribution in [0.1, 0.15) is 30.7 Å². The van der Waals surface area contributed by atoms with Crippen molar-refractivity contribution in [3.05, 3.63) is 20.8 Å². The number of hydrogen-bond donors (Lipinski definition) is 1. The van der Waals surface area contributed by atoms with Crippen LogP contribution < -0.4 is 5.32 Å². The summed E-state index contributed by atoms with van der Waals surface area (Å²) in [6, 6.07) is 1.53. The van der Waals surface area contributed by atoms with Gasteiger partial charge in [0.05, 0.1) is 12.7 Å². The highest BCUT2D eigenvalue weighted by molar-refractivity contribution is 9.10. The van der Waals surface area contributed by atoms with E-state index in [0.29, 0.717) is 13.2 Å². The second-order valence-electron chi connectivity index (χ2n) is 4.36. The van der Waals surface area contributed by atoms with Crippen molar-refractivity contribution in [3.63, 3.8) is 0 Å². The number of carbonyl (C=O) groups is 1. The van der Waals surface area contributed by atoms with E-state index in [1.807, 2.05) is 18.4 Å². The molecule has 2 unspecified atom stereocenters. The van der Waals surface area contributed by atoms with Crippen molar-refractivity contribution in [2.75, 3.05) is 19.8 Å². The quantitative estimate of drug-likeness (QED) is 0.803. The molecule has 106 valence electrons. The van der Waals surface area contributed by atoms with Crippen molar-refractivity contribution in [3.8, 4) is 0 Å². The van der Waals surface area contributed by atoms with Crippen LogP contribution in [0, 0.1) is 0 Å². The van der Waals surface area contributed by atoms with Gasteiger partial charge in [-0.3, -0.25) is 5.32 Å². The van der Waals surface area contributed by atoms with Gasteiger partial charge in [-0.1, -0.05) is 0 Å². The normalized spacial score (nSPS) is 20.4. The fourth-order valence-electron chi connectivity index (χ4n) is 2.07. The van der Waals surface area contributed by atoms with Crippen LogP contribution in [0.4, 0.5) is 0 Å². The van der Waals surface area contributed by atoms with Crippen molar-refractivity contribution in [1.82, 2.24) is 5.32 Å². The molecule has 1 fully saturated rings. The minimum atomic E-state index is -0.418. The van der Waals surface area contributed by atoms with Gasteiger partial charge in [0.15, 0.2) is 0 Å². The van der Waals surface area contributed by atoms with E-state index in [4.69, 9.17) is 9.47 Å². The summed E-state index contributed by atoms with van der Waals surface area (Å²) < 4.78 is 11.6. The van der Waals surface area contributed by atoms with Gasteiger partial charge in [-0.15, -0.1) is 11.3 Å². The number of thiophene rings is 1. The Morgan fingerprint density at radius 2 is 2.58 bits per heavy atom. The molecular weight excluding hydrogens is 330 g/mol. The molecular formula is C13H18BrNO3S. The lowest BCUT2D eigenvalue weighted by Gasteiger charge is -2.19. The maximum Gasteiger partial charge on any atom is 0.328 e. The molecule has 6 heteroatoms. The molecule has 0 radical (unpaired) electrons. The third-order valence-electron chi connectivity index (χ3n) is 3.00. The minimum Gasteiger partial charge on any atom is -0.465 e. The summed E-state index contributed by atoms with van der Waals surface area (Å²) in [5.74, 6) is -0.233. The summed E-state index contributed by atoms with van der Waals surface area (Å²) in [5.41, 5.74) is 0. The first kappa shape index (κ1) is 15.0. The van der Waals surface area contributed by atoms with Crippen LogP contribution in [0.5, 0.6) is 0 Å². The Kier molecular flexibility index (Phi) is 5.81. The molecule has 0 aliphatic carbocycles. The Morgan fingerprint density at radius 1 is 1.74 bits per heavy atom. The van der Waals surface area contributed by atoms with Crippen molar-refractivity contribution in [2.45, 2.75) is 31.9 Å². The summed E-state index contributed by atoms with van der Waals surface area (Å²) >= 11 is 5.01. The van der Waals surface area contributed by atoms with Crippen LogP contribution in [-0.2, 0) is 14.3 Å². The molecule has 4 nitrogen and oxygen atoms in total. The summed E-state index contributed by atoms with van der Waals surface area (Å²) in [7, 11) is 0. The third-order valence-corrected chi connectivity index (χ3v) is 4.94. The highest BCUT2D eigenvalue weighted by Crippen LogP contribution is 2.30. The zero-order chi connectivity index (χ0) is 13.7. The van der Waals surface area contributed by atoms with Gasteiger partial charge in [-0.05, 0) is 47.1 Å². The van der Waals surface area contributed by atoms with Crippen molar-refractivity contribution in [1.29, 1.82) is 0 Å². The lowest BCUT2D eigenvalue weighted by molar-refractivity contribution is -0.145. The summed E-state index contributed by atoms with van der Waals surface area (Å²) in [4.78, 5) is 13.0. The third kappa shape index (κ3) is 4.02. The predicted molar refractivity (Wildman–Crippen MR) is 78.4 cm³/mol. The van der Waals surface area contributed by atoms with E-state index in [2.05, 4.69) is 21.2 Å². The fraction of sp³-hybridized carbons (Fsp3) is 0.615. The lowest BCUT2D eigenvalue weighted by Crippen LogP contribution is -2.35. The van der Waals surface area contributed by atoms with Gasteiger partial charge >= 0.3 is 5.97 Å². The summed E-state index contributed by atoms with van der Waals surface area (Å²) in [5, 5.41) is 5.23. The van der Waals surface area contributed by atoms with Gasteiger partial charge in [0.25, 0.3) is 0 Å². The zero-order valence-electron chi connectivity index (χ0n) is 10.9. The molecule has 1 aliphatic heterocycles. The Hall–Kier alpha value is -0.430. The molecule has 1 aromatic heterocycles. The fourth-order valence-corrected chi connectivity index (χ4v) is 3.74. The van der Waals surface area contributed by atoms with E-state index in [1.165, 1.54) is 0 Å². The van der Waals surface area contributed by atoms with Gasteiger partial charge in [0, 0.05) is 22.5 Å². The zero-order valence-corrected chi connectivity index (χ0v) is 13.3. The molecule has 0 saturated carbocycles. The smallest absolute Gasteiger partial charge is 0.328 e.